The summed E-state index contributed by atoms with van der Waals surface area (Å²) in [6, 6.07) is 1.68. The monoisotopic (exact) mass is 187 g/mol. The Hall–Kier alpha value is -1.65. The minimum Gasteiger partial charge on any atom is -0.493 e. The van der Waals surface area contributed by atoms with Gasteiger partial charge in [-0.3, -0.25) is 4.79 Å². The van der Waals surface area contributed by atoms with Gasteiger partial charge in [0.2, 0.25) is 0 Å². The first-order valence-corrected chi connectivity index (χ1v) is 3.39. The smallest absolute Gasteiger partial charge is 0.255 e. The van der Waals surface area contributed by atoms with Crippen LogP contribution in [0.4, 0.5) is 8.78 Å². The number of hydrogen-bond acceptors (Lipinski definition) is 2. The largest absolute Gasteiger partial charge is 0.493 e. The second-order valence-electron chi connectivity index (χ2n) is 2.30. The molecule has 0 aromatic heterocycles. The van der Waals surface area contributed by atoms with Crippen LogP contribution < -0.4 is 10.5 Å². The van der Waals surface area contributed by atoms with Crippen LogP contribution in [-0.2, 0) is 0 Å². The highest BCUT2D eigenvalue weighted by Crippen LogP contribution is 2.24. The highest BCUT2D eigenvalue weighted by molar-refractivity contribution is 5.95. The molecule has 0 aliphatic carbocycles. The summed E-state index contributed by atoms with van der Waals surface area (Å²) in [5.41, 5.74) is 4.27. The predicted octanol–water partition coefficient (Wildman–Crippen LogP) is 1.07. The van der Waals surface area contributed by atoms with E-state index in [4.69, 9.17) is 5.73 Å². The van der Waals surface area contributed by atoms with Gasteiger partial charge in [0.1, 0.15) is 11.4 Å². The lowest BCUT2D eigenvalue weighted by atomic mass is 10.1. The van der Waals surface area contributed by atoms with Crippen molar-refractivity contribution in [3.05, 3.63) is 29.3 Å². The molecule has 1 rings (SSSR count). The molecule has 0 spiro atoms. The van der Waals surface area contributed by atoms with Crippen LogP contribution in [0.15, 0.2) is 12.1 Å². The summed E-state index contributed by atoms with van der Waals surface area (Å²) in [6.07, 6.45) is 0. The van der Waals surface area contributed by atoms with E-state index in [1.807, 2.05) is 0 Å². The fraction of sp³-hybridized carbons (Fsp3) is 0.125. The number of primary amides is 1. The van der Waals surface area contributed by atoms with Gasteiger partial charge in [-0.05, 0) is 12.1 Å². The number of benzene rings is 1. The summed E-state index contributed by atoms with van der Waals surface area (Å²) in [6.45, 7) is 0. The fourth-order valence-electron chi connectivity index (χ4n) is 0.962. The lowest BCUT2D eigenvalue weighted by Gasteiger charge is -2.06. The van der Waals surface area contributed by atoms with Crippen LogP contribution in [0, 0.1) is 11.6 Å². The van der Waals surface area contributed by atoms with Gasteiger partial charge in [-0.25, -0.2) is 8.78 Å². The summed E-state index contributed by atoms with van der Waals surface area (Å²) < 4.78 is 30.3. The minimum atomic E-state index is -1.06. The maximum atomic E-state index is 12.9. The Bertz CT molecular complexity index is 352. The second-order valence-corrected chi connectivity index (χ2v) is 2.30. The van der Waals surface area contributed by atoms with Crippen molar-refractivity contribution < 1.29 is 18.3 Å². The van der Waals surface area contributed by atoms with Crippen molar-refractivity contribution in [3.63, 3.8) is 0 Å². The molecule has 0 aliphatic heterocycles. The van der Waals surface area contributed by atoms with Crippen molar-refractivity contribution in [3.8, 4) is 5.75 Å². The number of halogens is 2. The normalized spacial score (nSPS) is 9.77. The van der Waals surface area contributed by atoms with E-state index in [1.54, 1.807) is 0 Å². The van der Waals surface area contributed by atoms with Gasteiger partial charge in [0.15, 0.2) is 11.6 Å². The molecule has 1 aromatic rings. The van der Waals surface area contributed by atoms with Crippen LogP contribution in [0.5, 0.6) is 5.75 Å². The highest BCUT2D eigenvalue weighted by atomic mass is 19.1. The number of rotatable bonds is 2. The third kappa shape index (κ3) is 1.58. The third-order valence-electron chi connectivity index (χ3n) is 1.51. The van der Waals surface area contributed by atoms with Crippen LogP contribution in [-0.4, -0.2) is 13.0 Å². The molecule has 0 radical (unpaired) electrons. The van der Waals surface area contributed by atoms with Gasteiger partial charge in [0.05, 0.1) is 7.11 Å². The average molecular weight is 187 g/mol. The number of hydrogen-bond donors (Lipinski definition) is 1. The number of carbonyl (C=O) groups excluding carboxylic acids is 1. The van der Waals surface area contributed by atoms with E-state index in [0.29, 0.717) is 0 Å². The van der Waals surface area contributed by atoms with Crippen LogP contribution in [0.1, 0.15) is 10.4 Å². The van der Waals surface area contributed by atoms with E-state index < -0.39 is 28.9 Å². The van der Waals surface area contributed by atoms with Crippen LogP contribution in [0.2, 0.25) is 0 Å². The molecule has 0 saturated carbocycles. The molecule has 0 atom stereocenters. The predicted molar refractivity (Wildman–Crippen MR) is 41.4 cm³/mol. The summed E-state index contributed by atoms with van der Waals surface area (Å²) in [4.78, 5) is 10.7. The molecule has 1 aromatic carbocycles. The molecule has 5 heteroatoms. The molecule has 1 amide bonds. The van der Waals surface area contributed by atoms with E-state index in [2.05, 4.69) is 4.74 Å². The molecule has 70 valence electrons. The molecular formula is C8H7F2NO2. The molecule has 0 unspecified atom stereocenters. The van der Waals surface area contributed by atoms with Crippen molar-refractivity contribution >= 4 is 5.91 Å². The van der Waals surface area contributed by atoms with E-state index in [9.17, 15) is 13.6 Å². The Morgan fingerprint density at radius 3 is 2.31 bits per heavy atom. The molecule has 0 bridgehead atoms. The zero-order chi connectivity index (χ0) is 10.0. The average Bonchev–Trinajstić information content (AvgIpc) is 2.07. The van der Waals surface area contributed by atoms with Gasteiger partial charge in [0, 0.05) is 0 Å². The van der Waals surface area contributed by atoms with Gasteiger partial charge in [-0.1, -0.05) is 0 Å². The van der Waals surface area contributed by atoms with Gasteiger partial charge >= 0.3 is 0 Å². The summed E-state index contributed by atoms with van der Waals surface area (Å²) >= 11 is 0. The van der Waals surface area contributed by atoms with E-state index in [-0.39, 0.29) is 0 Å². The van der Waals surface area contributed by atoms with E-state index in [1.165, 1.54) is 0 Å². The fourth-order valence-corrected chi connectivity index (χ4v) is 0.962. The van der Waals surface area contributed by atoms with Crippen molar-refractivity contribution in [2.75, 3.05) is 7.11 Å². The second kappa shape index (κ2) is 3.38. The van der Waals surface area contributed by atoms with Crippen molar-refractivity contribution in [2.24, 2.45) is 5.73 Å². The van der Waals surface area contributed by atoms with Crippen LogP contribution in [0.25, 0.3) is 0 Å². The molecular weight excluding hydrogens is 180 g/mol. The topological polar surface area (TPSA) is 52.3 Å². The lowest BCUT2D eigenvalue weighted by molar-refractivity contribution is 0.0992. The van der Waals surface area contributed by atoms with Crippen LogP contribution >= 0.6 is 0 Å². The Labute approximate surface area is 73.1 Å². The van der Waals surface area contributed by atoms with Crippen molar-refractivity contribution in [2.45, 2.75) is 0 Å². The maximum Gasteiger partial charge on any atom is 0.255 e. The summed E-state index contributed by atoms with van der Waals surface area (Å²) in [7, 11) is 1.13. The molecule has 3 nitrogen and oxygen atoms in total. The lowest BCUT2D eigenvalue weighted by Crippen LogP contribution is -2.15. The molecule has 0 fully saturated rings. The van der Waals surface area contributed by atoms with Crippen LogP contribution in [0.3, 0.4) is 0 Å². The molecule has 0 heterocycles. The quantitative estimate of drug-likeness (QED) is 0.752. The number of ether oxygens (including phenoxy) is 1. The van der Waals surface area contributed by atoms with E-state index >= 15 is 0 Å². The van der Waals surface area contributed by atoms with Crippen molar-refractivity contribution in [1.29, 1.82) is 0 Å². The number of amides is 1. The third-order valence-corrected chi connectivity index (χ3v) is 1.51. The zero-order valence-electron chi connectivity index (χ0n) is 6.80. The molecule has 0 saturated heterocycles. The first-order valence-electron chi connectivity index (χ1n) is 3.39. The van der Waals surface area contributed by atoms with Gasteiger partial charge in [-0.15, -0.1) is 0 Å². The first kappa shape index (κ1) is 9.44. The summed E-state index contributed by atoms with van der Waals surface area (Å²) in [5.74, 6) is -3.25. The van der Waals surface area contributed by atoms with Gasteiger partial charge in [0.25, 0.3) is 5.91 Å². The Balaban J connectivity index is 3.43. The van der Waals surface area contributed by atoms with Crippen molar-refractivity contribution in [1.82, 2.24) is 0 Å². The Morgan fingerprint density at radius 2 is 1.92 bits per heavy atom. The minimum absolute atomic E-state index is 0.465. The maximum absolute atomic E-state index is 12.9. The number of nitrogens with two attached hydrogens (primary N) is 1. The number of carbonyl (C=O) groups is 1. The van der Waals surface area contributed by atoms with Gasteiger partial charge in [-0.2, -0.15) is 0 Å². The highest BCUT2D eigenvalue weighted by Gasteiger charge is 2.18. The Kier molecular flexibility index (Phi) is 2.46. The summed E-state index contributed by atoms with van der Waals surface area (Å²) in [5, 5.41) is 0. The Morgan fingerprint density at radius 1 is 1.38 bits per heavy atom. The van der Waals surface area contributed by atoms with Gasteiger partial charge < -0.3 is 10.5 Å². The first-order chi connectivity index (χ1) is 6.07. The zero-order valence-corrected chi connectivity index (χ0v) is 6.80. The molecule has 13 heavy (non-hydrogen) atoms. The SMILES string of the molecule is COc1c(F)ccc(F)c1C(N)=O. The molecule has 2 N–H and O–H groups in total. The molecule has 0 aliphatic rings. The standard InChI is InChI=1S/C8H7F2NO2/c1-13-7-5(10)3-2-4(9)6(7)8(11)12/h2-3H,1H3,(H2,11,12). The number of methoxy groups -OCH3 is 1. The van der Waals surface area contributed by atoms with E-state index in [0.717, 1.165) is 19.2 Å².